The number of hydrogen-bond acceptors (Lipinski definition) is 3. The molecule has 8 heteroatoms. The monoisotopic (exact) mass is 488 g/mol. The molecule has 1 amide bonds. The van der Waals surface area contributed by atoms with Crippen molar-refractivity contribution in [3.63, 3.8) is 0 Å². The Morgan fingerprint density at radius 2 is 1.96 bits per heavy atom. The maximum atomic E-state index is 13.1. The van der Waals surface area contributed by atoms with Crippen LogP contribution in [-0.4, -0.2) is 38.0 Å². The molecule has 1 aromatic carbocycles. The van der Waals surface area contributed by atoms with Gasteiger partial charge in [-0.15, -0.1) is 24.0 Å². The van der Waals surface area contributed by atoms with Gasteiger partial charge in [0.1, 0.15) is 5.82 Å². The molecule has 0 radical (unpaired) electrons. The lowest BCUT2D eigenvalue weighted by Crippen LogP contribution is -2.41. The SMILES string of the molecule is CCNC(=NCCc1ccc(F)cc1C)NCCNC(=O)c1ccco1.I. The Balaban J connectivity index is 0.00000364. The van der Waals surface area contributed by atoms with Crippen LogP contribution >= 0.6 is 24.0 Å². The number of halogens is 2. The number of guanidine groups is 1. The first-order chi connectivity index (χ1) is 12.6. The molecule has 0 aliphatic carbocycles. The maximum absolute atomic E-state index is 13.1. The normalized spacial score (nSPS) is 10.9. The molecular formula is C19H26FIN4O2. The zero-order valence-corrected chi connectivity index (χ0v) is 17.9. The van der Waals surface area contributed by atoms with Crippen LogP contribution in [0.25, 0.3) is 0 Å². The van der Waals surface area contributed by atoms with E-state index in [-0.39, 0.29) is 35.7 Å². The minimum atomic E-state index is -0.245. The van der Waals surface area contributed by atoms with Crippen LogP contribution in [0, 0.1) is 12.7 Å². The lowest BCUT2D eigenvalue weighted by Gasteiger charge is -2.12. The van der Waals surface area contributed by atoms with Gasteiger partial charge < -0.3 is 20.4 Å². The molecule has 2 aromatic rings. The maximum Gasteiger partial charge on any atom is 0.287 e. The molecule has 0 aliphatic heterocycles. The molecule has 1 aromatic heterocycles. The van der Waals surface area contributed by atoms with Crippen LogP contribution in [0.1, 0.15) is 28.6 Å². The van der Waals surface area contributed by atoms with Gasteiger partial charge in [-0.1, -0.05) is 6.07 Å². The van der Waals surface area contributed by atoms with Gasteiger partial charge in [-0.25, -0.2) is 4.39 Å². The first-order valence-corrected chi connectivity index (χ1v) is 8.69. The molecule has 1 heterocycles. The zero-order chi connectivity index (χ0) is 18.8. The van der Waals surface area contributed by atoms with Crippen molar-refractivity contribution >= 4 is 35.8 Å². The Hall–Kier alpha value is -2.10. The second-order valence-electron chi connectivity index (χ2n) is 5.74. The highest BCUT2D eigenvalue weighted by atomic mass is 127. The number of aryl methyl sites for hydroxylation is 1. The van der Waals surface area contributed by atoms with Crippen molar-refractivity contribution in [1.29, 1.82) is 0 Å². The lowest BCUT2D eigenvalue weighted by atomic mass is 10.1. The molecular weight excluding hydrogens is 462 g/mol. The molecule has 3 N–H and O–H groups in total. The number of carbonyl (C=O) groups excluding carboxylic acids is 1. The zero-order valence-electron chi connectivity index (χ0n) is 15.5. The van der Waals surface area contributed by atoms with Gasteiger partial charge in [-0.05, 0) is 55.7 Å². The average Bonchev–Trinajstić information content (AvgIpc) is 3.15. The fourth-order valence-electron chi connectivity index (χ4n) is 2.42. The van der Waals surface area contributed by atoms with Crippen LogP contribution in [0.4, 0.5) is 4.39 Å². The number of benzene rings is 1. The Morgan fingerprint density at radius 3 is 2.63 bits per heavy atom. The number of carbonyl (C=O) groups is 1. The van der Waals surface area contributed by atoms with Crippen LogP contribution in [0.2, 0.25) is 0 Å². The fraction of sp³-hybridized carbons (Fsp3) is 0.368. The van der Waals surface area contributed by atoms with Crippen LogP contribution in [0.5, 0.6) is 0 Å². The smallest absolute Gasteiger partial charge is 0.287 e. The van der Waals surface area contributed by atoms with Gasteiger partial charge in [-0.2, -0.15) is 0 Å². The Labute approximate surface area is 176 Å². The van der Waals surface area contributed by atoms with Crippen molar-refractivity contribution in [3.8, 4) is 0 Å². The minimum absolute atomic E-state index is 0. The molecule has 6 nitrogen and oxygen atoms in total. The number of rotatable bonds is 8. The van der Waals surface area contributed by atoms with Gasteiger partial charge in [0.15, 0.2) is 11.7 Å². The van der Waals surface area contributed by atoms with E-state index in [2.05, 4.69) is 20.9 Å². The second-order valence-corrected chi connectivity index (χ2v) is 5.74. The van der Waals surface area contributed by atoms with Crippen molar-refractivity contribution in [2.45, 2.75) is 20.3 Å². The average molecular weight is 488 g/mol. The van der Waals surface area contributed by atoms with Crippen LogP contribution in [0.15, 0.2) is 46.0 Å². The quantitative estimate of drug-likeness (QED) is 0.231. The number of furan rings is 1. The number of nitrogens with zero attached hydrogens (tertiary/aromatic N) is 1. The van der Waals surface area contributed by atoms with E-state index in [1.54, 1.807) is 18.2 Å². The molecule has 0 saturated heterocycles. The van der Waals surface area contributed by atoms with Gasteiger partial charge in [-0.3, -0.25) is 9.79 Å². The third-order valence-corrected chi connectivity index (χ3v) is 3.75. The molecule has 0 unspecified atom stereocenters. The minimum Gasteiger partial charge on any atom is -0.459 e. The van der Waals surface area contributed by atoms with Gasteiger partial charge in [0.25, 0.3) is 5.91 Å². The topological polar surface area (TPSA) is 78.7 Å². The summed E-state index contributed by atoms with van der Waals surface area (Å²) < 4.78 is 18.2. The number of amides is 1. The van der Waals surface area contributed by atoms with E-state index in [9.17, 15) is 9.18 Å². The summed E-state index contributed by atoms with van der Waals surface area (Å²) in [6.45, 7) is 6.18. The summed E-state index contributed by atoms with van der Waals surface area (Å²) >= 11 is 0. The van der Waals surface area contributed by atoms with Gasteiger partial charge >= 0.3 is 0 Å². The summed E-state index contributed by atoms with van der Waals surface area (Å²) in [7, 11) is 0. The Bertz CT molecular complexity index is 735. The number of hydrogen-bond donors (Lipinski definition) is 3. The van der Waals surface area contributed by atoms with Gasteiger partial charge in [0, 0.05) is 26.2 Å². The van der Waals surface area contributed by atoms with Crippen molar-refractivity contribution in [2.75, 3.05) is 26.2 Å². The number of nitrogens with one attached hydrogen (secondary N) is 3. The molecule has 0 atom stereocenters. The third-order valence-electron chi connectivity index (χ3n) is 3.75. The molecule has 0 spiro atoms. The summed E-state index contributed by atoms with van der Waals surface area (Å²) in [6, 6.07) is 8.09. The highest BCUT2D eigenvalue weighted by molar-refractivity contribution is 14.0. The standard InChI is InChI=1S/C19H25FN4O2.HI/c1-3-21-19(23-9-8-15-6-7-16(20)13-14(15)2)24-11-10-22-18(25)17-5-4-12-26-17;/h4-7,12-13H,3,8-11H2,1-2H3,(H,22,25)(H2,21,23,24);1H. The van der Waals surface area contributed by atoms with E-state index >= 15 is 0 Å². The molecule has 148 valence electrons. The van der Waals surface area contributed by atoms with Gasteiger partial charge in [0.05, 0.1) is 6.26 Å². The van der Waals surface area contributed by atoms with E-state index in [1.807, 2.05) is 13.8 Å². The first kappa shape index (κ1) is 22.9. The van der Waals surface area contributed by atoms with Crippen LogP contribution < -0.4 is 16.0 Å². The Morgan fingerprint density at radius 1 is 1.19 bits per heavy atom. The first-order valence-electron chi connectivity index (χ1n) is 8.69. The molecule has 0 aliphatic rings. The highest BCUT2D eigenvalue weighted by Gasteiger charge is 2.07. The molecule has 0 fully saturated rings. The van der Waals surface area contributed by atoms with E-state index in [1.165, 1.54) is 18.4 Å². The summed E-state index contributed by atoms with van der Waals surface area (Å²) in [5, 5.41) is 9.08. The predicted octanol–water partition coefficient (Wildman–Crippen LogP) is 2.87. The van der Waals surface area contributed by atoms with Crippen molar-refractivity contribution in [1.82, 2.24) is 16.0 Å². The van der Waals surface area contributed by atoms with Crippen molar-refractivity contribution < 1.29 is 13.6 Å². The molecule has 27 heavy (non-hydrogen) atoms. The Kier molecular flexibility index (Phi) is 10.5. The molecule has 0 bridgehead atoms. The molecule has 2 rings (SSSR count). The summed E-state index contributed by atoms with van der Waals surface area (Å²) in [4.78, 5) is 16.3. The van der Waals surface area contributed by atoms with Crippen molar-refractivity contribution in [2.24, 2.45) is 4.99 Å². The largest absolute Gasteiger partial charge is 0.459 e. The van der Waals surface area contributed by atoms with E-state index < -0.39 is 0 Å². The lowest BCUT2D eigenvalue weighted by molar-refractivity contribution is 0.0926. The van der Waals surface area contributed by atoms with E-state index in [4.69, 9.17) is 4.42 Å². The highest BCUT2D eigenvalue weighted by Crippen LogP contribution is 2.10. The summed E-state index contributed by atoms with van der Waals surface area (Å²) in [6.07, 6.45) is 2.20. The number of aliphatic imine (C=N–C) groups is 1. The van der Waals surface area contributed by atoms with E-state index in [0.29, 0.717) is 31.4 Å². The van der Waals surface area contributed by atoms with Crippen LogP contribution in [0.3, 0.4) is 0 Å². The van der Waals surface area contributed by atoms with Gasteiger partial charge in [0.2, 0.25) is 0 Å². The van der Waals surface area contributed by atoms with E-state index in [0.717, 1.165) is 24.1 Å². The second kappa shape index (κ2) is 12.3. The van der Waals surface area contributed by atoms with Crippen LogP contribution in [-0.2, 0) is 6.42 Å². The summed E-state index contributed by atoms with van der Waals surface area (Å²) in [5.74, 6) is 0.506. The fourth-order valence-corrected chi connectivity index (χ4v) is 2.42. The van der Waals surface area contributed by atoms with Crippen molar-refractivity contribution in [3.05, 3.63) is 59.3 Å². The predicted molar refractivity (Wildman–Crippen MR) is 115 cm³/mol. The third kappa shape index (κ3) is 7.98. The molecule has 0 saturated carbocycles. The summed E-state index contributed by atoms with van der Waals surface area (Å²) in [5.41, 5.74) is 2.01.